The van der Waals surface area contributed by atoms with Crippen molar-refractivity contribution in [3.05, 3.63) is 42.5 Å². The molecule has 0 N–H and O–H groups in total. The van der Waals surface area contributed by atoms with Gasteiger partial charge in [-0.3, -0.25) is 0 Å². The molecule has 1 aromatic rings. The monoisotopic (exact) mass is 344 g/mol. The van der Waals surface area contributed by atoms with Crippen LogP contribution in [0.5, 0.6) is 5.75 Å². The van der Waals surface area contributed by atoms with Crippen molar-refractivity contribution in [3.63, 3.8) is 0 Å². The van der Waals surface area contributed by atoms with Crippen molar-refractivity contribution in [1.82, 2.24) is 0 Å². The van der Waals surface area contributed by atoms with E-state index >= 15 is 0 Å². The van der Waals surface area contributed by atoms with Gasteiger partial charge in [0, 0.05) is 0 Å². The van der Waals surface area contributed by atoms with E-state index in [1.807, 2.05) is 6.08 Å². The second-order valence-corrected chi connectivity index (χ2v) is 7.41. The van der Waals surface area contributed by atoms with Crippen molar-refractivity contribution in [3.8, 4) is 5.75 Å². The zero-order chi connectivity index (χ0) is 18.2. The van der Waals surface area contributed by atoms with Crippen molar-refractivity contribution >= 4 is 0 Å². The fourth-order valence-electron chi connectivity index (χ4n) is 3.14. The Bertz CT molecular complexity index is 437. The van der Waals surface area contributed by atoms with Crippen LogP contribution in [0.1, 0.15) is 90.0 Å². The Morgan fingerprint density at radius 2 is 1.68 bits per heavy atom. The summed E-state index contributed by atoms with van der Waals surface area (Å²) < 4.78 is 6.07. The third-order valence-corrected chi connectivity index (χ3v) is 5.12. The van der Waals surface area contributed by atoms with E-state index in [-0.39, 0.29) is 0 Å². The van der Waals surface area contributed by atoms with Crippen LogP contribution in [-0.2, 0) is 6.42 Å². The molecule has 0 spiro atoms. The minimum atomic E-state index is 0.858. The molecule has 0 aliphatic rings. The number of aryl methyl sites for hydroxylation is 1. The highest BCUT2D eigenvalue weighted by Crippen LogP contribution is 2.22. The lowest BCUT2D eigenvalue weighted by atomic mass is 9.99. The highest BCUT2D eigenvalue weighted by molar-refractivity contribution is 5.33. The Kier molecular flexibility index (Phi) is 13.1. The first-order chi connectivity index (χ1) is 12.3. The molecule has 0 saturated carbocycles. The molecular formula is C24H40O. The van der Waals surface area contributed by atoms with Crippen molar-refractivity contribution in [2.75, 3.05) is 6.61 Å². The predicted octanol–water partition coefficient (Wildman–Crippen LogP) is 7.74. The van der Waals surface area contributed by atoms with Gasteiger partial charge in [-0.05, 0) is 49.7 Å². The van der Waals surface area contributed by atoms with Gasteiger partial charge in [-0.25, -0.2) is 0 Å². The summed E-state index contributed by atoms with van der Waals surface area (Å²) in [5.41, 5.74) is 1.39. The molecule has 1 heteroatoms. The Balaban J connectivity index is 2.15. The zero-order valence-electron chi connectivity index (χ0n) is 16.8. The molecule has 0 fully saturated rings. The Labute approximate surface area is 156 Å². The van der Waals surface area contributed by atoms with Crippen LogP contribution in [0.2, 0.25) is 0 Å². The average Bonchev–Trinajstić information content (AvgIpc) is 2.64. The van der Waals surface area contributed by atoms with Crippen LogP contribution in [0.15, 0.2) is 36.9 Å². The molecule has 0 radical (unpaired) electrons. The van der Waals surface area contributed by atoms with Crippen LogP contribution in [0.4, 0.5) is 0 Å². The van der Waals surface area contributed by atoms with E-state index in [1.54, 1.807) is 0 Å². The molecule has 25 heavy (non-hydrogen) atoms. The molecule has 0 saturated heterocycles. The molecule has 0 aromatic heterocycles. The maximum Gasteiger partial charge on any atom is 0.122 e. The van der Waals surface area contributed by atoms with Crippen LogP contribution in [0.25, 0.3) is 0 Å². The van der Waals surface area contributed by atoms with Gasteiger partial charge in [-0.1, -0.05) is 83.1 Å². The second kappa shape index (κ2) is 15.0. The molecular weight excluding hydrogens is 304 g/mol. The number of benzene rings is 1. The fraction of sp³-hybridized carbons (Fsp3) is 0.667. The van der Waals surface area contributed by atoms with Gasteiger partial charge in [0.25, 0.3) is 0 Å². The molecule has 0 bridgehead atoms. The Hall–Kier alpha value is -1.24. The standard InChI is InChI=1S/C24H40O/c1-4-6-7-8-9-10-11-16-21-25-24-20-15-14-19-23(24)18-13-12-17-22(3)5-2/h4,14-15,19-20,22H,1,5-13,16-18,21H2,2-3H3. The third-order valence-electron chi connectivity index (χ3n) is 5.12. The smallest absolute Gasteiger partial charge is 0.122 e. The topological polar surface area (TPSA) is 9.23 Å². The van der Waals surface area contributed by atoms with Gasteiger partial charge < -0.3 is 4.74 Å². The largest absolute Gasteiger partial charge is 0.493 e. The van der Waals surface area contributed by atoms with Crippen LogP contribution in [0.3, 0.4) is 0 Å². The average molecular weight is 345 g/mol. The number of ether oxygens (including phenoxy) is 1. The molecule has 0 amide bonds. The van der Waals surface area contributed by atoms with Crippen LogP contribution >= 0.6 is 0 Å². The number of allylic oxidation sites excluding steroid dienone is 1. The number of unbranched alkanes of at least 4 members (excludes halogenated alkanes) is 7. The van der Waals surface area contributed by atoms with E-state index in [4.69, 9.17) is 4.74 Å². The third kappa shape index (κ3) is 11.1. The lowest BCUT2D eigenvalue weighted by Gasteiger charge is -2.12. The first-order valence-electron chi connectivity index (χ1n) is 10.6. The van der Waals surface area contributed by atoms with E-state index in [2.05, 4.69) is 44.7 Å². The van der Waals surface area contributed by atoms with Crippen LogP contribution in [0, 0.1) is 5.92 Å². The molecule has 1 atom stereocenters. The minimum Gasteiger partial charge on any atom is -0.493 e. The molecule has 1 rings (SSSR count). The fourth-order valence-corrected chi connectivity index (χ4v) is 3.14. The summed E-state index contributed by atoms with van der Waals surface area (Å²) in [6.45, 7) is 9.28. The van der Waals surface area contributed by atoms with E-state index < -0.39 is 0 Å². The van der Waals surface area contributed by atoms with Gasteiger partial charge in [0.1, 0.15) is 5.75 Å². The summed E-state index contributed by atoms with van der Waals surface area (Å²) in [4.78, 5) is 0. The van der Waals surface area contributed by atoms with Gasteiger partial charge in [0.2, 0.25) is 0 Å². The molecule has 0 heterocycles. The summed E-state index contributed by atoms with van der Waals surface area (Å²) in [6, 6.07) is 8.61. The first-order valence-corrected chi connectivity index (χ1v) is 10.6. The lowest BCUT2D eigenvalue weighted by molar-refractivity contribution is 0.301. The quantitative estimate of drug-likeness (QED) is 0.220. The molecule has 1 nitrogen and oxygen atoms in total. The van der Waals surface area contributed by atoms with Gasteiger partial charge >= 0.3 is 0 Å². The number of para-hydroxylation sites is 1. The molecule has 1 unspecified atom stereocenters. The first kappa shape index (κ1) is 21.8. The maximum absolute atomic E-state index is 6.07. The SMILES string of the molecule is C=CCCCCCCCCOc1ccccc1CCCCC(C)CC. The van der Waals surface area contributed by atoms with Gasteiger partial charge in [-0.15, -0.1) is 6.58 Å². The predicted molar refractivity (Wildman–Crippen MR) is 111 cm³/mol. The van der Waals surface area contributed by atoms with E-state index in [0.29, 0.717) is 0 Å². The van der Waals surface area contributed by atoms with Crippen LogP contribution in [-0.4, -0.2) is 6.61 Å². The van der Waals surface area contributed by atoms with Crippen LogP contribution < -0.4 is 4.74 Å². The minimum absolute atomic E-state index is 0.858. The highest BCUT2D eigenvalue weighted by atomic mass is 16.5. The summed E-state index contributed by atoms with van der Waals surface area (Å²) >= 11 is 0. The zero-order valence-corrected chi connectivity index (χ0v) is 16.8. The highest BCUT2D eigenvalue weighted by Gasteiger charge is 2.04. The second-order valence-electron chi connectivity index (χ2n) is 7.41. The lowest BCUT2D eigenvalue weighted by Crippen LogP contribution is -2.01. The molecule has 0 aliphatic carbocycles. The summed E-state index contributed by atoms with van der Waals surface area (Å²) in [6.07, 6.45) is 17.4. The summed E-state index contributed by atoms with van der Waals surface area (Å²) in [5.74, 6) is 1.97. The summed E-state index contributed by atoms with van der Waals surface area (Å²) in [7, 11) is 0. The summed E-state index contributed by atoms with van der Waals surface area (Å²) in [5, 5.41) is 0. The Morgan fingerprint density at radius 1 is 0.960 bits per heavy atom. The van der Waals surface area contributed by atoms with E-state index in [1.165, 1.54) is 69.8 Å². The molecule has 142 valence electrons. The van der Waals surface area contributed by atoms with Crippen molar-refractivity contribution in [2.24, 2.45) is 5.92 Å². The van der Waals surface area contributed by atoms with Crippen molar-refractivity contribution in [2.45, 2.75) is 90.9 Å². The maximum atomic E-state index is 6.07. The normalized spacial score (nSPS) is 12.1. The van der Waals surface area contributed by atoms with E-state index in [9.17, 15) is 0 Å². The number of hydrogen-bond donors (Lipinski definition) is 0. The van der Waals surface area contributed by atoms with Gasteiger partial charge in [-0.2, -0.15) is 0 Å². The number of hydrogen-bond acceptors (Lipinski definition) is 1. The molecule has 0 aliphatic heterocycles. The van der Waals surface area contributed by atoms with E-state index in [0.717, 1.165) is 31.1 Å². The van der Waals surface area contributed by atoms with Gasteiger partial charge in [0.05, 0.1) is 6.61 Å². The number of rotatable bonds is 16. The Morgan fingerprint density at radius 3 is 2.44 bits per heavy atom. The molecule has 1 aromatic carbocycles. The van der Waals surface area contributed by atoms with Gasteiger partial charge in [0.15, 0.2) is 0 Å². The van der Waals surface area contributed by atoms with Crippen molar-refractivity contribution < 1.29 is 4.74 Å². The van der Waals surface area contributed by atoms with Crippen molar-refractivity contribution in [1.29, 1.82) is 0 Å².